The van der Waals surface area contributed by atoms with E-state index in [1.807, 2.05) is 21.2 Å². The van der Waals surface area contributed by atoms with Crippen molar-refractivity contribution in [2.75, 3.05) is 52.4 Å². The Balaban J connectivity index is 1.31. The van der Waals surface area contributed by atoms with E-state index in [1.165, 1.54) is 17.8 Å². The van der Waals surface area contributed by atoms with E-state index in [1.54, 1.807) is 6.07 Å². The summed E-state index contributed by atoms with van der Waals surface area (Å²) in [7, 11) is 0. The highest BCUT2D eigenvalue weighted by Crippen LogP contribution is 2.21. The SMILES string of the molecule is CC1CC(C)CN(C(=O)CN2CCN(C(=O)CCCNC(=O)c3cccs3)CC2)C1. The number of rotatable bonds is 7. The van der Waals surface area contributed by atoms with E-state index >= 15 is 0 Å². The molecule has 2 aliphatic heterocycles. The summed E-state index contributed by atoms with van der Waals surface area (Å²) in [5.74, 6) is 1.41. The second-order valence-electron chi connectivity index (χ2n) is 8.74. The van der Waals surface area contributed by atoms with Crippen LogP contribution in [0.5, 0.6) is 0 Å². The molecule has 2 unspecified atom stereocenters. The number of piperazine rings is 1. The molecule has 1 aromatic rings. The Hall–Kier alpha value is -1.93. The molecule has 1 N–H and O–H groups in total. The van der Waals surface area contributed by atoms with E-state index in [0.717, 1.165) is 26.2 Å². The van der Waals surface area contributed by atoms with Gasteiger partial charge in [-0.05, 0) is 36.1 Å². The maximum Gasteiger partial charge on any atom is 0.261 e. The number of likely N-dealkylation sites (tertiary alicyclic amines) is 1. The van der Waals surface area contributed by atoms with E-state index < -0.39 is 0 Å². The topological polar surface area (TPSA) is 73.0 Å². The second kappa shape index (κ2) is 10.9. The predicted molar refractivity (Wildman–Crippen MR) is 118 cm³/mol. The molecule has 0 radical (unpaired) electrons. The van der Waals surface area contributed by atoms with Crippen LogP contribution in [-0.2, 0) is 9.59 Å². The minimum atomic E-state index is -0.0757. The summed E-state index contributed by atoms with van der Waals surface area (Å²) in [6.45, 7) is 9.94. The lowest BCUT2D eigenvalue weighted by atomic mass is 9.92. The van der Waals surface area contributed by atoms with Crippen molar-refractivity contribution in [1.29, 1.82) is 0 Å². The van der Waals surface area contributed by atoms with Crippen molar-refractivity contribution < 1.29 is 14.4 Å². The molecule has 3 heterocycles. The van der Waals surface area contributed by atoms with Gasteiger partial charge < -0.3 is 15.1 Å². The molecule has 0 aliphatic carbocycles. The molecule has 7 nitrogen and oxygen atoms in total. The van der Waals surface area contributed by atoms with Gasteiger partial charge in [-0.2, -0.15) is 0 Å². The fourth-order valence-corrected chi connectivity index (χ4v) is 5.05. The molecule has 0 saturated carbocycles. The van der Waals surface area contributed by atoms with Crippen LogP contribution < -0.4 is 5.32 Å². The quantitative estimate of drug-likeness (QED) is 0.666. The van der Waals surface area contributed by atoms with Gasteiger partial charge in [0.1, 0.15) is 0 Å². The first-order chi connectivity index (χ1) is 14.4. The monoisotopic (exact) mass is 434 g/mol. The standard InChI is InChI=1S/C22H34N4O3S/c1-17-13-18(2)15-26(14-17)21(28)16-24-8-10-25(11-9-24)20(27)6-3-7-23-22(29)19-5-4-12-30-19/h4-5,12,17-18H,3,6-11,13-16H2,1-2H3,(H,23,29). The number of carbonyl (C=O) groups is 3. The van der Waals surface area contributed by atoms with Crippen molar-refractivity contribution in [1.82, 2.24) is 20.0 Å². The van der Waals surface area contributed by atoms with Crippen molar-refractivity contribution in [3.8, 4) is 0 Å². The third-order valence-electron chi connectivity index (χ3n) is 5.90. The first-order valence-electron chi connectivity index (χ1n) is 11.0. The number of thiophene rings is 1. The number of nitrogens with zero attached hydrogens (tertiary/aromatic N) is 3. The third-order valence-corrected chi connectivity index (χ3v) is 6.77. The molecule has 2 aliphatic rings. The molecule has 0 bridgehead atoms. The highest BCUT2D eigenvalue weighted by Gasteiger charge is 2.28. The Labute approximate surface area is 183 Å². The summed E-state index contributed by atoms with van der Waals surface area (Å²) in [4.78, 5) is 43.7. The smallest absolute Gasteiger partial charge is 0.261 e. The number of hydrogen-bond acceptors (Lipinski definition) is 5. The molecule has 30 heavy (non-hydrogen) atoms. The molecule has 2 saturated heterocycles. The summed E-state index contributed by atoms with van der Waals surface area (Å²) in [5, 5.41) is 4.73. The van der Waals surface area contributed by atoms with E-state index in [2.05, 4.69) is 24.1 Å². The highest BCUT2D eigenvalue weighted by molar-refractivity contribution is 7.12. The van der Waals surface area contributed by atoms with Crippen LogP contribution in [0.1, 0.15) is 42.8 Å². The van der Waals surface area contributed by atoms with Crippen LogP contribution in [0, 0.1) is 11.8 Å². The minimum absolute atomic E-state index is 0.0757. The number of nitrogens with one attached hydrogen (secondary N) is 1. The van der Waals surface area contributed by atoms with Gasteiger partial charge in [0.25, 0.3) is 5.91 Å². The van der Waals surface area contributed by atoms with Crippen LogP contribution >= 0.6 is 11.3 Å². The van der Waals surface area contributed by atoms with Gasteiger partial charge in [0.15, 0.2) is 0 Å². The zero-order chi connectivity index (χ0) is 21.5. The minimum Gasteiger partial charge on any atom is -0.351 e. The zero-order valence-electron chi connectivity index (χ0n) is 18.1. The number of piperidine rings is 1. The summed E-state index contributed by atoms with van der Waals surface area (Å²) < 4.78 is 0. The number of amides is 3. The first kappa shape index (κ1) is 22.7. The molecule has 2 atom stereocenters. The van der Waals surface area contributed by atoms with Crippen LogP contribution in [0.25, 0.3) is 0 Å². The van der Waals surface area contributed by atoms with Gasteiger partial charge >= 0.3 is 0 Å². The van der Waals surface area contributed by atoms with Crippen LogP contribution in [-0.4, -0.2) is 84.8 Å². The lowest BCUT2D eigenvalue weighted by molar-refractivity contribution is -0.136. The molecule has 166 valence electrons. The average molecular weight is 435 g/mol. The normalized spacial score (nSPS) is 22.7. The maximum absolute atomic E-state index is 12.7. The summed E-state index contributed by atoms with van der Waals surface area (Å²) in [6.07, 6.45) is 2.27. The summed E-state index contributed by atoms with van der Waals surface area (Å²) in [6, 6.07) is 3.64. The Kier molecular flexibility index (Phi) is 8.27. The molecular formula is C22H34N4O3S. The Morgan fingerprint density at radius 3 is 2.37 bits per heavy atom. The van der Waals surface area contributed by atoms with Crippen LogP contribution in [0.2, 0.25) is 0 Å². The Bertz CT molecular complexity index is 706. The lowest BCUT2D eigenvalue weighted by Crippen LogP contribution is -2.53. The van der Waals surface area contributed by atoms with E-state index in [0.29, 0.717) is 55.7 Å². The van der Waals surface area contributed by atoms with Gasteiger partial charge in [0.2, 0.25) is 11.8 Å². The van der Waals surface area contributed by atoms with Gasteiger partial charge in [-0.1, -0.05) is 19.9 Å². The van der Waals surface area contributed by atoms with Gasteiger partial charge in [-0.25, -0.2) is 0 Å². The van der Waals surface area contributed by atoms with Crippen molar-refractivity contribution in [3.63, 3.8) is 0 Å². The van der Waals surface area contributed by atoms with Crippen molar-refractivity contribution in [3.05, 3.63) is 22.4 Å². The molecular weight excluding hydrogens is 400 g/mol. The van der Waals surface area contributed by atoms with Crippen molar-refractivity contribution in [2.45, 2.75) is 33.1 Å². The van der Waals surface area contributed by atoms with Crippen LogP contribution in [0.3, 0.4) is 0 Å². The lowest BCUT2D eigenvalue weighted by Gasteiger charge is -2.38. The van der Waals surface area contributed by atoms with E-state index in [9.17, 15) is 14.4 Å². The summed E-state index contributed by atoms with van der Waals surface area (Å²) in [5.41, 5.74) is 0. The van der Waals surface area contributed by atoms with Gasteiger partial charge in [-0.15, -0.1) is 11.3 Å². The predicted octanol–water partition coefficient (Wildman–Crippen LogP) is 1.91. The molecule has 0 spiro atoms. The van der Waals surface area contributed by atoms with Gasteiger partial charge in [0, 0.05) is 52.2 Å². The number of hydrogen-bond donors (Lipinski definition) is 1. The van der Waals surface area contributed by atoms with E-state index in [4.69, 9.17) is 0 Å². The van der Waals surface area contributed by atoms with Crippen LogP contribution in [0.4, 0.5) is 0 Å². The third kappa shape index (κ3) is 6.54. The molecule has 1 aromatic heterocycles. The van der Waals surface area contributed by atoms with Gasteiger partial charge in [-0.3, -0.25) is 19.3 Å². The molecule has 2 fully saturated rings. The fraction of sp³-hybridized carbons (Fsp3) is 0.682. The van der Waals surface area contributed by atoms with Crippen LogP contribution in [0.15, 0.2) is 17.5 Å². The highest BCUT2D eigenvalue weighted by atomic mass is 32.1. The van der Waals surface area contributed by atoms with E-state index in [-0.39, 0.29) is 17.7 Å². The average Bonchev–Trinajstić information content (AvgIpc) is 3.25. The summed E-state index contributed by atoms with van der Waals surface area (Å²) >= 11 is 1.41. The molecule has 0 aromatic carbocycles. The maximum atomic E-state index is 12.7. The molecule has 3 rings (SSSR count). The largest absolute Gasteiger partial charge is 0.351 e. The Morgan fingerprint density at radius 2 is 1.73 bits per heavy atom. The van der Waals surface area contributed by atoms with Crippen molar-refractivity contribution >= 4 is 29.1 Å². The van der Waals surface area contributed by atoms with Gasteiger partial charge in [0.05, 0.1) is 11.4 Å². The number of carbonyl (C=O) groups excluding carboxylic acids is 3. The molecule has 8 heteroatoms. The van der Waals surface area contributed by atoms with Crippen molar-refractivity contribution in [2.24, 2.45) is 11.8 Å². The fourth-order valence-electron chi connectivity index (χ4n) is 4.41. The second-order valence-corrected chi connectivity index (χ2v) is 9.69. The zero-order valence-corrected chi connectivity index (χ0v) is 19.0. The Morgan fingerprint density at radius 1 is 1.03 bits per heavy atom. The first-order valence-corrected chi connectivity index (χ1v) is 11.9. The molecule has 3 amide bonds.